The fraction of sp³-hybridized carbons (Fsp3) is 0.880. The number of unbranched alkanes of at least 4 members (excludes halogenated alkanes) is 13. The van der Waals surface area contributed by atoms with Gasteiger partial charge in [0.1, 0.15) is 13.1 Å². The van der Waals surface area contributed by atoms with Gasteiger partial charge in [-0.2, -0.15) is 0 Å². The highest BCUT2D eigenvalue weighted by Gasteiger charge is 2.15. The maximum Gasteiger partial charge on any atom is 0.315 e. The van der Waals surface area contributed by atoms with Crippen molar-refractivity contribution in [1.82, 2.24) is 4.58 Å². The van der Waals surface area contributed by atoms with Gasteiger partial charge in [0.2, 0.25) is 0 Å². The molecule has 0 radical (unpaired) electrons. The van der Waals surface area contributed by atoms with E-state index in [2.05, 4.69) is 41.5 Å². The first-order valence-corrected chi connectivity index (χ1v) is 15.2. The Hall–Kier alpha value is 0.930. The number of halogens is 1. The van der Waals surface area contributed by atoms with Gasteiger partial charge in [-0.25, -0.2) is 4.58 Å². The molecule has 5 heteroatoms. The van der Waals surface area contributed by atoms with E-state index in [0.717, 1.165) is 0 Å². The van der Waals surface area contributed by atoms with Crippen molar-refractivity contribution in [2.24, 2.45) is 0 Å². The lowest BCUT2D eigenvalue weighted by molar-refractivity contribution is -0.00000615. The number of hydrogen-bond acceptors (Lipinski definition) is 3. The Morgan fingerprint density at radius 3 is 1.73 bits per heavy atom. The van der Waals surface area contributed by atoms with E-state index < -0.39 is 0 Å². The minimum absolute atomic E-state index is 0. The standard InChI is InChI=1S/C25H46NS3.HI/c1-3-4-5-6-7-8-9-10-11-12-13-14-15-19-22-27-24-23(2)28-25(29-24)26-20-17-16-18-21-26;/h3-22H2,1-2H3;1H/q+1;/p-1. The molecule has 0 N–H and O–H groups in total. The fourth-order valence-electron chi connectivity index (χ4n) is 4.14. The monoisotopic (exact) mass is 583 g/mol. The second-order valence-corrected chi connectivity index (χ2v) is 12.6. The van der Waals surface area contributed by atoms with E-state index in [4.69, 9.17) is 0 Å². The summed E-state index contributed by atoms with van der Waals surface area (Å²) in [7, 11) is 0. The molecule has 1 nitrogen and oxygen atoms in total. The molecular weight excluding hydrogens is 537 g/mol. The van der Waals surface area contributed by atoms with Gasteiger partial charge in [-0.1, -0.05) is 113 Å². The first kappa shape index (κ1) is 29.0. The van der Waals surface area contributed by atoms with E-state index in [1.807, 2.05) is 11.3 Å². The highest BCUT2D eigenvalue weighted by atomic mass is 127. The third-order valence-corrected chi connectivity index (χ3v) is 10.3. The van der Waals surface area contributed by atoms with E-state index in [1.165, 1.54) is 128 Å². The van der Waals surface area contributed by atoms with Gasteiger partial charge in [0.05, 0.1) is 4.21 Å². The highest BCUT2D eigenvalue weighted by Crippen LogP contribution is 2.29. The molecule has 1 saturated heterocycles. The summed E-state index contributed by atoms with van der Waals surface area (Å²) in [6.45, 7) is 7.18. The van der Waals surface area contributed by atoms with Crippen LogP contribution >= 0.6 is 34.4 Å². The molecule has 0 unspecified atom stereocenters. The van der Waals surface area contributed by atoms with Crippen molar-refractivity contribution in [2.75, 3.05) is 18.8 Å². The Kier molecular flexibility index (Phi) is 18.7. The van der Waals surface area contributed by atoms with Crippen LogP contribution in [-0.2, 0) is 0 Å². The minimum Gasteiger partial charge on any atom is -1.00 e. The quantitative estimate of drug-likeness (QED) is 0.105. The van der Waals surface area contributed by atoms with E-state index in [-0.39, 0.29) is 24.0 Å². The molecule has 2 rings (SSSR count). The van der Waals surface area contributed by atoms with Crippen molar-refractivity contribution in [3.63, 3.8) is 0 Å². The topological polar surface area (TPSA) is 3.01 Å². The number of rotatable bonds is 16. The molecule has 1 fully saturated rings. The summed E-state index contributed by atoms with van der Waals surface area (Å²) in [5, 5.41) is 0. The first-order chi connectivity index (χ1) is 14.3. The zero-order valence-electron chi connectivity index (χ0n) is 19.7. The van der Waals surface area contributed by atoms with E-state index >= 15 is 0 Å². The minimum atomic E-state index is 0. The average Bonchev–Trinajstić information content (AvgIpc) is 3.12. The summed E-state index contributed by atoms with van der Waals surface area (Å²) >= 11 is 6.21. The highest BCUT2D eigenvalue weighted by molar-refractivity contribution is 8.01. The summed E-state index contributed by atoms with van der Waals surface area (Å²) in [5.74, 6) is 1.31. The molecule has 1 aliphatic heterocycles. The second-order valence-electron chi connectivity index (χ2n) is 8.81. The molecule has 0 atom stereocenters. The van der Waals surface area contributed by atoms with Crippen molar-refractivity contribution in [3.05, 3.63) is 8.86 Å². The lowest BCUT2D eigenvalue weighted by Gasteiger charge is -2.07. The zero-order valence-corrected chi connectivity index (χ0v) is 24.3. The zero-order chi connectivity index (χ0) is 20.6. The molecule has 0 aromatic carbocycles. The van der Waals surface area contributed by atoms with Gasteiger partial charge < -0.3 is 24.0 Å². The summed E-state index contributed by atoms with van der Waals surface area (Å²) in [5.41, 5.74) is 0. The molecule has 1 aliphatic rings. The van der Waals surface area contributed by atoms with Gasteiger partial charge in [0, 0.05) is 17.7 Å². The van der Waals surface area contributed by atoms with Crippen molar-refractivity contribution < 1.29 is 24.0 Å². The second kappa shape index (κ2) is 19.4. The van der Waals surface area contributed by atoms with E-state index in [0.29, 0.717) is 0 Å². The van der Waals surface area contributed by atoms with Crippen LogP contribution in [0.3, 0.4) is 0 Å². The van der Waals surface area contributed by atoms with Crippen LogP contribution in [-0.4, -0.2) is 18.8 Å². The molecular formula is C25H46INS3. The van der Waals surface area contributed by atoms with Crippen LogP contribution in [0.25, 0.3) is 0 Å². The smallest absolute Gasteiger partial charge is 0.315 e. The maximum atomic E-state index is 2.63. The molecule has 2 heterocycles. The lowest BCUT2D eigenvalue weighted by Crippen LogP contribution is -3.00. The Labute approximate surface area is 216 Å². The van der Waals surface area contributed by atoms with Crippen LogP contribution in [0.5, 0.6) is 0 Å². The number of piperidine rings is 1. The van der Waals surface area contributed by atoms with Crippen molar-refractivity contribution >= 4 is 34.4 Å². The van der Waals surface area contributed by atoms with Crippen LogP contribution in [0.4, 0.5) is 0 Å². The largest absolute Gasteiger partial charge is 1.00 e. The number of hydrogen-bond donors (Lipinski definition) is 0. The lowest BCUT2D eigenvalue weighted by atomic mass is 10.0. The molecule has 0 aliphatic carbocycles. The van der Waals surface area contributed by atoms with Crippen molar-refractivity contribution in [1.29, 1.82) is 0 Å². The number of thioether (sulfide) groups is 1. The van der Waals surface area contributed by atoms with Crippen LogP contribution in [0.2, 0.25) is 0 Å². The summed E-state index contributed by atoms with van der Waals surface area (Å²) in [4.78, 5) is 1.55. The fourth-order valence-corrected chi connectivity index (χ4v) is 8.38. The van der Waals surface area contributed by atoms with Gasteiger partial charge in [0.25, 0.3) is 0 Å². The van der Waals surface area contributed by atoms with Crippen LogP contribution < -0.4 is 32.5 Å². The Bertz CT molecular complexity index is 585. The van der Waals surface area contributed by atoms with Crippen molar-refractivity contribution in [3.8, 4) is 0 Å². The third-order valence-electron chi connectivity index (χ3n) is 6.05. The third kappa shape index (κ3) is 12.8. The van der Waals surface area contributed by atoms with Gasteiger partial charge in [-0.3, -0.25) is 0 Å². The molecule has 1 aromatic heterocycles. The van der Waals surface area contributed by atoms with Crippen LogP contribution in [0.15, 0.2) is 4.21 Å². The Balaban J connectivity index is 0.00000450. The number of aryl methyl sites for hydroxylation is 1. The molecule has 0 spiro atoms. The molecule has 0 saturated carbocycles. The Morgan fingerprint density at radius 2 is 1.20 bits per heavy atom. The van der Waals surface area contributed by atoms with Crippen LogP contribution in [0, 0.1) is 6.92 Å². The molecule has 30 heavy (non-hydrogen) atoms. The SMILES string of the molecule is CCCCCCCCCCCCCCCCSc1sc(=[N+]2CCCCC2)sc1C.[I-]. The predicted molar refractivity (Wildman–Crippen MR) is 137 cm³/mol. The van der Waals surface area contributed by atoms with E-state index in [9.17, 15) is 0 Å². The molecule has 0 bridgehead atoms. The van der Waals surface area contributed by atoms with Gasteiger partial charge in [-0.15, -0.1) is 11.8 Å². The predicted octanol–water partition coefficient (Wildman–Crippen LogP) is 5.65. The Morgan fingerprint density at radius 1 is 0.700 bits per heavy atom. The van der Waals surface area contributed by atoms with Gasteiger partial charge in [-0.05, 0) is 25.5 Å². The molecule has 176 valence electrons. The maximum absolute atomic E-state index is 2.63. The summed E-state index contributed by atoms with van der Waals surface area (Å²) < 4.78 is 5.78. The van der Waals surface area contributed by atoms with Crippen LogP contribution in [0.1, 0.15) is 121 Å². The number of nitrogens with zero attached hydrogens (tertiary/aromatic N) is 1. The van der Waals surface area contributed by atoms with Gasteiger partial charge >= 0.3 is 3.98 Å². The molecule has 1 aromatic rings. The van der Waals surface area contributed by atoms with E-state index in [1.54, 1.807) is 13.1 Å². The normalized spacial score (nSPS) is 14.1. The molecule has 0 amide bonds. The van der Waals surface area contributed by atoms with Gasteiger partial charge in [0.15, 0.2) is 0 Å². The van der Waals surface area contributed by atoms with Crippen molar-refractivity contribution in [2.45, 2.75) is 127 Å². The average molecular weight is 584 g/mol. The summed E-state index contributed by atoms with van der Waals surface area (Å²) in [6.07, 6.45) is 24.5. The summed E-state index contributed by atoms with van der Waals surface area (Å²) in [6, 6.07) is 0. The first-order valence-electron chi connectivity index (χ1n) is 12.6.